The molecule has 3 heteroatoms. The topological polar surface area (TPSA) is 26.3 Å². The zero-order valence-electron chi connectivity index (χ0n) is 10.6. The van der Waals surface area contributed by atoms with E-state index in [2.05, 4.69) is 15.9 Å². The molecule has 17 heavy (non-hydrogen) atoms. The molecular weight excluding hydrogens is 280 g/mol. The minimum atomic E-state index is -0.448. The van der Waals surface area contributed by atoms with Crippen molar-refractivity contribution in [1.82, 2.24) is 0 Å². The molecule has 0 atom stereocenters. The molecule has 0 aromatic heterocycles. The van der Waals surface area contributed by atoms with Crippen molar-refractivity contribution in [2.45, 2.75) is 33.3 Å². The van der Waals surface area contributed by atoms with E-state index in [0.717, 1.165) is 15.6 Å². The van der Waals surface area contributed by atoms with E-state index in [4.69, 9.17) is 4.74 Å². The molecule has 0 amide bonds. The molecule has 0 spiro atoms. The summed E-state index contributed by atoms with van der Waals surface area (Å²) in [6.07, 6.45) is 3.23. The predicted octanol–water partition coefficient (Wildman–Crippen LogP) is 4.11. The third-order valence-corrected chi connectivity index (χ3v) is 2.53. The van der Waals surface area contributed by atoms with Crippen molar-refractivity contribution in [1.29, 1.82) is 0 Å². The molecule has 2 nitrogen and oxygen atoms in total. The zero-order chi connectivity index (χ0) is 13.1. The smallest absolute Gasteiger partial charge is 0.331 e. The summed E-state index contributed by atoms with van der Waals surface area (Å²) in [4.78, 5) is 11.5. The van der Waals surface area contributed by atoms with E-state index >= 15 is 0 Å². The maximum Gasteiger partial charge on any atom is 0.331 e. The zero-order valence-corrected chi connectivity index (χ0v) is 12.2. The van der Waals surface area contributed by atoms with Gasteiger partial charge in [0.2, 0.25) is 0 Å². The summed E-state index contributed by atoms with van der Waals surface area (Å²) >= 11 is 3.40. The molecule has 0 heterocycles. The van der Waals surface area contributed by atoms with Crippen molar-refractivity contribution in [3.05, 3.63) is 39.9 Å². The molecule has 0 bridgehead atoms. The van der Waals surface area contributed by atoms with Crippen LogP contribution in [-0.4, -0.2) is 11.6 Å². The molecule has 1 aromatic carbocycles. The van der Waals surface area contributed by atoms with E-state index in [1.165, 1.54) is 6.08 Å². The third kappa shape index (κ3) is 5.18. The van der Waals surface area contributed by atoms with E-state index in [1.54, 1.807) is 6.08 Å². The molecular formula is C14H17BrO2. The van der Waals surface area contributed by atoms with E-state index in [1.807, 2.05) is 45.9 Å². The van der Waals surface area contributed by atoms with Crippen LogP contribution in [0.2, 0.25) is 0 Å². The number of rotatable bonds is 2. The largest absolute Gasteiger partial charge is 0.457 e. The monoisotopic (exact) mass is 296 g/mol. The molecule has 1 rings (SSSR count). The number of hydrogen-bond donors (Lipinski definition) is 0. The van der Waals surface area contributed by atoms with Crippen molar-refractivity contribution in [3.63, 3.8) is 0 Å². The molecule has 0 saturated heterocycles. The normalized spacial score (nSPS) is 11.8. The Morgan fingerprint density at radius 3 is 2.53 bits per heavy atom. The third-order valence-electron chi connectivity index (χ3n) is 2.04. The number of carbonyl (C=O) groups is 1. The molecule has 92 valence electrons. The summed E-state index contributed by atoms with van der Waals surface area (Å²) in [5.41, 5.74) is 1.68. The van der Waals surface area contributed by atoms with Crippen LogP contribution in [0.15, 0.2) is 28.7 Å². The van der Waals surface area contributed by atoms with Crippen LogP contribution in [0.5, 0.6) is 0 Å². The molecule has 0 fully saturated rings. The summed E-state index contributed by atoms with van der Waals surface area (Å²) in [5, 5.41) is 0. The lowest BCUT2D eigenvalue weighted by molar-refractivity contribution is -0.148. The highest BCUT2D eigenvalue weighted by molar-refractivity contribution is 9.10. The van der Waals surface area contributed by atoms with Crippen LogP contribution >= 0.6 is 15.9 Å². The number of esters is 1. The average molecular weight is 297 g/mol. The highest BCUT2D eigenvalue weighted by Crippen LogP contribution is 2.17. The lowest BCUT2D eigenvalue weighted by Crippen LogP contribution is -2.22. The van der Waals surface area contributed by atoms with Crippen molar-refractivity contribution < 1.29 is 9.53 Å². The van der Waals surface area contributed by atoms with Gasteiger partial charge in [0, 0.05) is 10.5 Å². The van der Waals surface area contributed by atoms with E-state index in [-0.39, 0.29) is 5.97 Å². The number of aryl methyl sites for hydroxylation is 1. The maximum atomic E-state index is 11.5. The Morgan fingerprint density at radius 2 is 2.00 bits per heavy atom. The minimum Gasteiger partial charge on any atom is -0.457 e. The van der Waals surface area contributed by atoms with Gasteiger partial charge in [-0.3, -0.25) is 0 Å². The van der Waals surface area contributed by atoms with E-state index < -0.39 is 5.60 Å². The van der Waals surface area contributed by atoms with E-state index in [9.17, 15) is 4.79 Å². The van der Waals surface area contributed by atoms with Crippen molar-refractivity contribution in [3.8, 4) is 0 Å². The number of halogens is 1. The summed E-state index contributed by atoms with van der Waals surface area (Å²) in [7, 11) is 0. The second-order valence-electron chi connectivity index (χ2n) is 4.87. The maximum absolute atomic E-state index is 11.5. The van der Waals surface area contributed by atoms with Gasteiger partial charge in [0.15, 0.2) is 0 Å². The van der Waals surface area contributed by atoms with Gasteiger partial charge in [0.05, 0.1) is 0 Å². The predicted molar refractivity (Wildman–Crippen MR) is 73.8 cm³/mol. The standard InChI is InChI=1S/C14H17BrO2/c1-10-9-12(15)7-5-11(10)6-8-13(16)17-14(2,3)4/h5-9H,1-4H3/b8-6+. The molecule has 0 aliphatic heterocycles. The quantitative estimate of drug-likeness (QED) is 0.606. The Labute approximate surface area is 111 Å². The summed E-state index contributed by atoms with van der Waals surface area (Å²) in [6, 6.07) is 5.91. The number of carbonyl (C=O) groups excluding carboxylic acids is 1. The Balaban J connectivity index is 2.74. The summed E-state index contributed by atoms with van der Waals surface area (Å²) in [5.74, 6) is -0.320. The molecule has 0 unspecified atom stereocenters. The van der Waals surface area contributed by atoms with Crippen LogP contribution in [0.1, 0.15) is 31.9 Å². The van der Waals surface area contributed by atoms with Crippen LogP contribution in [0.25, 0.3) is 6.08 Å². The first kappa shape index (κ1) is 14.0. The fourth-order valence-electron chi connectivity index (χ4n) is 1.32. The lowest BCUT2D eigenvalue weighted by atomic mass is 10.1. The minimum absolute atomic E-state index is 0.320. The molecule has 0 radical (unpaired) electrons. The molecule has 1 aromatic rings. The van der Waals surface area contributed by atoms with Gasteiger partial charge >= 0.3 is 5.97 Å². The Hall–Kier alpha value is -1.09. The highest BCUT2D eigenvalue weighted by atomic mass is 79.9. The summed E-state index contributed by atoms with van der Waals surface area (Å²) in [6.45, 7) is 7.55. The Kier molecular flexibility index (Phi) is 4.52. The van der Waals surface area contributed by atoms with E-state index in [0.29, 0.717) is 0 Å². The second-order valence-corrected chi connectivity index (χ2v) is 5.78. The number of benzene rings is 1. The van der Waals surface area contributed by atoms with Gasteiger partial charge in [-0.25, -0.2) is 4.79 Å². The van der Waals surface area contributed by atoms with Crippen LogP contribution in [-0.2, 0) is 9.53 Å². The fourth-order valence-corrected chi connectivity index (χ4v) is 1.80. The van der Waals surface area contributed by atoms with Gasteiger partial charge in [-0.15, -0.1) is 0 Å². The fraction of sp³-hybridized carbons (Fsp3) is 0.357. The van der Waals surface area contributed by atoms with Gasteiger partial charge in [0.1, 0.15) is 5.60 Å². The number of ether oxygens (including phenoxy) is 1. The van der Waals surface area contributed by atoms with Crippen LogP contribution in [0.4, 0.5) is 0 Å². The van der Waals surface area contributed by atoms with Gasteiger partial charge in [-0.05, 0) is 57.0 Å². The first-order chi connectivity index (χ1) is 7.78. The first-order valence-electron chi connectivity index (χ1n) is 5.45. The van der Waals surface area contributed by atoms with Crippen LogP contribution < -0.4 is 0 Å². The van der Waals surface area contributed by atoms with Gasteiger partial charge in [0.25, 0.3) is 0 Å². The lowest BCUT2D eigenvalue weighted by Gasteiger charge is -2.17. The van der Waals surface area contributed by atoms with Crippen molar-refractivity contribution in [2.24, 2.45) is 0 Å². The van der Waals surface area contributed by atoms with Crippen molar-refractivity contribution >= 4 is 28.0 Å². The first-order valence-corrected chi connectivity index (χ1v) is 6.24. The molecule has 0 saturated carbocycles. The Bertz CT molecular complexity index is 442. The number of hydrogen-bond acceptors (Lipinski definition) is 2. The summed E-state index contributed by atoms with van der Waals surface area (Å²) < 4.78 is 6.22. The van der Waals surface area contributed by atoms with Crippen LogP contribution in [0.3, 0.4) is 0 Å². The van der Waals surface area contributed by atoms with Crippen molar-refractivity contribution in [2.75, 3.05) is 0 Å². The molecule has 0 N–H and O–H groups in total. The molecule has 0 aliphatic rings. The SMILES string of the molecule is Cc1cc(Br)ccc1/C=C/C(=O)OC(C)(C)C. The van der Waals surface area contributed by atoms with Gasteiger partial charge in [-0.2, -0.15) is 0 Å². The van der Waals surface area contributed by atoms with Crippen LogP contribution in [0, 0.1) is 6.92 Å². The molecule has 0 aliphatic carbocycles. The Morgan fingerprint density at radius 1 is 1.35 bits per heavy atom. The highest BCUT2D eigenvalue weighted by Gasteiger charge is 2.13. The average Bonchev–Trinajstić information content (AvgIpc) is 2.13. The second kappa shape index (κ2) is 5.50. The van der Waals surface area contributed by atoms with Gasteiger partial charge < -0.3 is 4.74 Å². The van der Waals surface area contributed by atoms with Gasteiger partial charge in [-0.1, -0.05) is 22.0 Å².